The van der Waals surface area contributed by atoms with Crippen molar-refractivity contribution < 1.29 is 22.7 Å². The lowest BCUT2D eigenvalue weighted by Gasteiger charge is -2.15. The zero-order chi connectivity index (χ0) is 24.3. The van der Waals surface area contributed by atoms with Crippen molar-refractivity contribution in [3.8, 4) is 0 Å². The van der Waals surface area contributed by atoms with E-state index in [0.717, 1.165) is 35.0 Å². The molecule has 0 spiro atoms. The molecule has 0 atom stereocenters. The number of sulfonamides is 1. The van der Waals surface area contributed by atoms with Crippen molar-refractivity contribution in [1.29, 1.82) is 0 Å². The Hall–Kier alpha value is -2.82. The number of benzene rings is 2. The minimum absolute atomic E-state index is 0.0571. The van der Waals surface area contributed by atoms with Crippen LogP contribution < -0.4 is 4.80 Å². The molecule has 2 aromatic carbocycles. The fraction of sp³-hybridized carbons (Fsp3) is 0.375. The van der Waals surface area contributed by atoms with Gasteiger partial charge in [0.2, 0.25) is 10.0 Å². The molecule has 1 aliphatic heterocycles. The lowest BCUT2D eigenvalue weighted by molar-refractivity contribution is -0.143. The molecular formula is C24H27N3O5S2. The van der Waals surface area contributed by atoms with Crippen molar-refractivity contribution in [2.75, 3.05) is 19.7 Å². The SMILES string of the molecule is CCOC(=O)Cn1c(=NC(=O)c2ccc(S(=O)(=O)N3CCCC3)cc2)sc2cc(CC)ccc21. The summed E-state index contributed by atoms with van der Waals surface area (Å²) in [5, 5.41) is 0. The molecule has 2 heterocycles. The van der Waals surface area contributed by atoms with Gasteiger partial charge in [-0.15, -0.1) is 0 Å². The molecule has 0 bridgehead atoms. The van der Waals surface area contributed by atoms with E-state index < -0.39 is 21.9 Å². The number of carbonyl (C=O) groups excluding carboxylic acids is 2. The van der Waals surface area contributed by atoms with E-state index in [-0.39, 0.29) is 23.6 Å². The summed E-state index contributed by atoms with van der Waals surface area (Å²) in [5.41, 5.74) is 2.22. The van der Waals surface area contributed by atoms with E-state index in [0.29, 0.717) is 17.9 Å². The second kappa shape index (κ2) is 10.2. The minimum Gasteiger partial charge on any atom is -0.465 e. The molecule has 3 aromatic rings. The van der Waals surface area contributed by atoms with Gasteiger partial charge < -0.3 is 9.30 Å². The number of hydrogen-bond donors (Lipinski definition) is 0. The van der Waals surface area contributed by atoms with Crippen LogP contribution in [0.1, 0.15) is 42.6 Å². The van der Waals surface area contributed by atoms with E-state index >= 15 is 0 Å². The Bertz CT molecular complexity index is 1380. The van der Waals surface area contributed by atoms with Crippen LogP contribution >= 0.6 is 11.3 Å². The summed E-state index contributed by atoms with van der Waals surface area (Å²) < 4.78 is 34.6. The number of amides is 1. The van der Waals surface area contributed by atoms with Gasteiger partial charge in [-0.1, -0.05) is 24.3 Å². The molecule has 1 aromatic heterocycles. The summed E-state index contributed by atoms with van der Waals surface area (Å²) >= 11 is 1.33. The third-order valence-electron chi connectivity index (χ3n) is 5.75. The highest BCUT2D eigenvalue weighted by atomic mass is 32.2. The second-order valence-electron chi connectivity index (χ2n) is 7.98. The number of hydrogen-bond acceptors (Lipinski definition) is 6. The van der Waals surface area contributed by atoms with E-state index in [2.05, 4.69) is 11.9 Å². The third-order valence-corrected chi connectivity index (χ3v) is 8.70. The van der Waals surface area contributed by atoms with E-state index in [4.69, 9.17) is 4.74 Å². The van der Waals surface area contributed by atoms with E-state index in [9.17, 15) is 18.0 Å². The molecule has 1 fully saturated rings. The highest BCUT2D eigenvalue weighted by Gasteiger charge is 2.27. The molecule has 34 heavy (non-hydrogen) atoms. The highest BCUT2D eigenvalue weighted by Crippen LogP contribution is 2.22. The molecule has 0 aliphatic carbocycles. The van der Waals surface area contributed by atoms with E-state index in [1.807, 2.05) is 18.2 Å². The molecule has 180 valence electrons. The smallest absolute Gasteiger partial charge is 0.326 e. The van der Waals surface area contributed by atoms with Crippen LogP contribution in [0.3, 0.4) is 0 Å². The van der Waals surface area contributed by atoms with Gasteiger partial charge >= 0.3 is 5.97 Å². The van der Waals surface area contributed by atoms with Gasteiger partial charge in [-0.2, -0.15) is 9.30 Å². The maximum absolute atomic E-state index is 12.9. The van der Waals surface area contributed by atoms with Gasteiger partial charge in [-0.3, -0.25) is 9.59 Å². The largest absolute Gasteiger partial charge is 0.465 e. The van der Waals surface area contributed by atoms with Gasteiger partial charge in [0.25, 0.3) is 5.91 Å². The Labute approximate surface area is 202 Å². The Morgan fingerprint density at radius 3 is 2.41 bits per heavy atom. The molecule has 0 N–H and O–H groups in total. The Balaban J connectivity index is 1.68. The molecule has 0 unspecified atom stereocenters. The standard InChI is InChI=1S/C24H27N3O5S2/c1-3-17-7-12-20-21(15-17)33-24(27(20)16-22(28)32-4-2)25-23(29)18-8-10-19(11-9-18)34(30,31)26-13-5-6-14-26/h7-12,15H,3-6,13-14,16H2,1-2H3. The van der Waals surface area contributed by atoms with Gasteiger partial charge in [0, 0.05) is 18.7 Å². The number of aromatic nitrogens is 1. The topological polar surface area (TPSA) is 98.0 Å². The van der Waals surface area contributed by atoms with Crippen LogP contribution in [-0.2, 0) is 32.5 Å². The molecule has 1 aliphatic rings. The predicted octanol–water partition coefficient (Wildman–Crippen LogP) is 3.35. The third kappa shape index (κ3) is 4.98. The van der Waals surface area contributed by atoms with Crippen molar-refractivity contribution in [2.24, 2.45) is 4.99 Å². The van der Waals surface area contributed by atoms with Crippen LogP contribution in [-0.4, -0.2) is 48.9 Å². The molecule has 8 nitrogen and oxygen atoms in total. The van der Waals surface area contributed by atoms with Gasteiger partial charge in [-0.25, -0.2) is 8.42 Å². The Kier molecular flexibility index (Phi) is 7.30. The van der Waals surface area contributed by atoms with Crippen LogP contribution in [0.5, 0.6) is 0 Å². The van der Waals surface area contributed by atoms with Crippen molar-refractivity contribution in [3.63, 3.8) is 0 Å². The molecule has 0 saturated carbocycles. The molecule has 10 heteroatoms. The number of carbonyl (C=O) groups is 2. The number of aryl methyl sites for hydroxylation is 1. The van der Waals surface area contributed by atoms with Crippen molar-refractivity contribution in [1.82, 2.24) is 8.87 Å². The molecule has 1 amide bonds. The summed E-state index contributed by atoms with van der Waals surface area (Å²) in [5.74, 6) is -0.919. The zero-order valence-corrected chi connectivity index (χ0v) is 20.8. The first-order chi connectivity index (χ1) is 16.3. The zero-order valence-electron chi connectivity index (χ0n) is 19.2. The van der Waals surface area contributed by atoms with Crippen LogP contribution in [0.25, 0.3) is 10.2 Å². The fourth-order valence-corrected chi connectivity index (χ4v) is 6.52. The summed E-state index contributed by atoms with van der Waals surface area (Å²) in [6.45, 7) is 5.04. The maximum Gasteiger partial charge on any atom is 0.326 e. The Morgan fingerprint density at radius 2 is 1.76 bits per heavy atom. The average molecular weight is 502 g/mol. The van der Waals surface area contributed by atoms with Gasteiger partial charge in [-0.05, 0) is 68.1 Å². The van der Waals surface area contributed by atoms with Gasteiger partial charge in [0.05, 0.1) is 21.7 Å². The molecule has 1 saturated heterocycles. The monoisotopic (exact) mass is 501 g/mol. The van der Waals surface area contributed by atoms with Crippen molar-refractivity contribution >= 4 is 43.5 Å². The van der Waals surface area contributed by atoms with E-state index in [1.54, 1.807) is 11.5 Å². The van der Waals surface area contributed by atoms with Gasteiger partial charge in [0.15, 0.2) is 4.80 Å². The number of thiazole rings is 1. The number of nitrogens with zero attached hydrogens (tertiary/aromatic N) is 3. The second-order valence-corrected chi connectivity index (χ2v) is 10.9. The number of esters is 1. The maximum atomic E-state index is 12.9. The first-order valence-corrected chi connectivity index (χ1v) is 13.6. The molecule has 4 rings (SSSR count). The minimum atomic E-state index is -3.55. The summed E-state index contributed by atoms with van der Waals surface area (Å²) in [6.07, 6.45) is 2.58. The summed E-state index contributed by atoms with van der Waals surface area (Å²) in [6, 6.07) is 11.8. The fourth-order valence-electron chi connectivity index (χ4n) is 3.91. The molecular weight excluding hydrogens is 474 g/mol. The van der Waals surface area contributed by atoms with E-state index in [1.165, 1.54) is 39.9 Å². The van der Waals surface area contributed by atoms with Crippen LogP contribution in [0.15, 0.2) is 52.4 Å². The van der Waals surface area contributed by atoms with Crippen LogP contribution in [0.4, 0.5) is 0 Å². The number of ether oxygens (including phenoxy) is 1. The summed E-state index contributed by atoms with van der Waals surface area (Å²) in [7, 11) is -3.55. The predicted molar refractivity (Wildman–Crippen MR) is 130 cm³/mol. The van der Waals surface area contributed by atoms with Crippen molar-refractivity contribution in [2.45, 2.75) is 44.6 Å². The highest BCUT2D eigenvalue weighted by molar-refractivity contribution is 7.89. The number of fused-ring (bicyclic) bond motifs is 1. The lowest BCUT2D eigenvalue weighted by atomic mass is 10.2. The lowest BCUT2D eigenvalue weighted by Crippen LogP contribution is -2.27. The van der Waals surface area contributed by atoms with Gasteiger partial charge in [0.1, 0.15) is 6.54 Å². The quantitative estimate of drug-likeness (QED) is 0.463. The van der Waals surface area contributed by atoms with Crippen molar-refractivity contribution in [3.05, 3.63) is 58.4 Å². The average Bonchev–Trinajstić information content (AvgIpc) is 3.48. The van der Waals surface area contributed by atoms with Crippen LogP contribution in [0, 0.1) is 0 Å². The normalized spacial score (nSPS) is 15.2. The van der Waals surface area contributed by atoms with Crippen LogP contribution in [0.2, 0.25) is 0 Å². The first kappa shape index (κ1) is 24.3. The number of rotatable bonds is 7. The Morgan fingerprint density at radius 1 is 1.06 bits per heavy atom. The molecule has 0 radical (unpaired) electrons. The summed E-state index contributed by atoms with van der Waals surface area (Å²) in [4.78, 5) is 30.0. The first-order valence-electron chi connectivity index (χ1n) is 11.3.